The van der Waals surface area contributed by atoms with E-state index in [1.54, 1.807) is 0 Å². The summed E-state index contributed by atoms with van der Waals surface area (Å²) in [4.78, 5) is 55.8. The van der Waals surface area contributed by atoms with Crippen LogP contribution in [0.1, 0.15) is 12.1 Å². The molecule has 12 nitrogen and oxygen atoms in total. The molecule has 0 unspecified atom stereocenters. The van der Waals surface area contributed by atoms with Gasteiger partial charge < -0.3 is 31.0 Å². The van der Waals surface area contributed by atoms with Gasteiger partial charge in [0, 0.05) is 18.2 Å². The Morgan fingerprint density at radius 1 is 1.43 bits per heavy atom. The third-order valence-corrected chi connectivity index (χ3v) is 5.54. The molecule has 0 bridgehead atoms. The normalized spacial score (nSPS) is 19.1. The van der Waals surface area contributed by atoms with Gasteiger partial charge in [-0.15, -0.1) is 23.1 Å². The van der Waals surface area contributed by atoms with Crippen LogP contribution < -0.4 is 11.1 Å². The van der Waals surface area contributed by atoms with Crippen LogP contribution in [0.5, 0.6) is 0 Å². The van der Waals surface area contributed by atoms with Crippen molar-refractivity contribution in [3.8, 4) is 0 Å². The summed E-state index contributed by atoms with van der Waals surface area (Å²) >= 11 is 2.26. The SMILES string of the molecule is CN1C(=O)[C@@H](NC(=O)/C(=N\OCC(=O)O)c2csc(N)n2)[C@H]1SCCC(=O)O. The fourth-order valence-electron chi connectivity index (χ4n) is 2.18. The number of anilines is 1. The lowest BCUT2D eigenvalue weighted by Crippen LogP contribution is -2.68. The summed E-state index contributed by atoms with van der Waals surface area (Å²) < 4.78 is 0. The van der Waals surface area contributed by atoms with Crippen LogP contribution >= 0.6 is 23.1 Å². The van der Waals surface area contributed by atoms with E-state index in [1.165, 1.54) is 29.1 Å². The fourth-order valence-corrected chi connectivity index (χ4v) is 3.96. The molecule has 1 fully saturated rings. The van der Waals surface area contributed by atoms with E-state index in [4.69, 9.17) is 15.9 Å². The molecular weight excluding hydrogens is 414 g/mol. The smallest absolute Gasteiger partial charge is 0.344 e. The highest BCUT2D eigenvalue weighted by atomic mass is 32.2. The number of aromatic nitrogens is 1. The molecule has 14 heteroatoms. The molecule has 2 atom stereocenters. The molecule has 0 saturated carbocycles. The number of oxime groups is 1. The van der Waals surface area contributed by atoms with E-state index in [1.807, 2.05) is 0 Å². The van der Waals surface area contributed by atoms with E-state index in [-0.39, 0.29) is 34.6 Å². The standard InChI is InChI=1S/C14H17N5O7S2/c1-19-12(25)10(13(19)27-3-2-7(20)21)17-11(24)9(18-26-4-8(22)23)6-5-28-14(15)16-6/h5,10,13H,2-4H2,1H3,(H2,15,16)(H,17,24)(H,20,21)(H,22,23)/b18-9-/t10-,13-/m1/s1. The van der Waals surface area contributed by atoms with Crippen LogP contribution in [0.4, 0.5) is 5.13 Å². The molecule has 0 aromatic carbocycles. The van der Waals surface area contributed by atoms with Gasteiger partial charge in [0.2, 0.25) is 12.5 Å². The lowest BCUT2D eigenvalue weighted by Gasteiger charge is -2.44. The van der Waals surface area contributed by atoms with Gasteiger partial charge >= 0.3 is 11.9 Å². The molecule has 1 aliphatic rings. The molecule has 1 saturated heterocycles. The van der Waals surface area contributed by atoms with Gasteiger partial charge in [-0.05, 0) is 0 Å². The summed E-state index contributed by atoms with van der Waals surface area (Å²) in [7, 11) is 1.54. The number of nitrogen functional groups attached to an aromatic ring is 1. The molecule has 2 heterocycles. The lowest BCUT2D eigenvalue weighted by molar-refractivity contribution is -0.145. The zero-order valence-corrected chi connectivity index (χ0v) is 16.2. The number of carbonyl (C=O) groups excluding carboxylic acids is 2. The molecule has 0 spiro atoms. The van der Waals surface area contributed by atoms with Gasteiger partial charge in [-0.3, -0.25) is 14.4 Å². The summed E-state index contributed by atoms with van der Waals surface area (Å²) in [5.74, 6) is -3.15. The number of thioether (sulfide) groups is 1. The molecule has 152 valence electrons. The van der Waals surface area contributed by atoms with E-state index < -0.39 is 35.9 Å². The lowest BCUT2D eigenvalue weighted by atomic mass is 10.1. The van der Waals surface area contributed by atoms with Crippen LogP contribution in [0.3, 0.4) is 0 Å². The van der Waals surface area contributed by atoms with Crippen molar-refractivity contribution in [2.45, 2.75) is 17.8 Å². The maximum Gasteiger partial charge on any atom is 0.344 e. The van der Waals surface area contributed by atoms with E-state index >= 15 is 0 Å². The van der Waals surface area contributed by atoms with Crippen molar-refractivity contribution >= 4 is 57.7 Å². The van der Waals surface area contributed by atoms with Crippen LogP contribution in [-0.2, 0) is 24.0 Å². The highest BCUT2D eigenvalue weighted by Gasteiger charge is 2.46. The number of carboxylic acids is 2. The molecule has 28 heavy (non-hydrogen) atoms. The van der Waals surface area contributed by atoms with Crippen molar-refractivity contribution in [3.05, 3.63) is 11.1 Å². The van der Waals surface area contributed by atoms with Crippen LogP contribution in [0.15, 0.2) is 10.5 Å². The largest absolute Gasteiger partial charge is 0.481 e. The highest BCUT2D eigenvalue weighted by molar-refractivity contribution is 8.00. The Bertz CT molecular complexity index is 812. The number of nitrogens with one attached hydrogen (secondary N) is 1. The molecule has 0 aliphatic carbocycles. The number of likely N-dealkylation sites (N-methyl/N-ethyl adjacent to an activating group) is 1. The van der Waals surface area contributed by atoms with Gasteiger partial charge in [-0.25, -0.2) is 9.78 Å². The Hall–Kier alpha value is -2.87. The average molecular weight is 431 g/mol. The molecule has 0 radical (unpaired) electrons. The fraction of sp³-hybridized carbons (Fsp3) is 0.429. The predicted octanol–water partition coefficient (Wildman–Crippen LogP) is -0.979. The van der Waals surface area contributed by atoms with Crippen molar-refractivity contribution in [3.63, 3.8) is 0 Å². The first-order chi connectivity index (χ1) is 13.2. The van der Waals surface area contributed by atoms with Crippen molar-refractivity contribution in [1.82, 2.24) is 15.2 Å². The number of nitrogens with two attached hydrogens (primary N) is 1. The Morgan fingerprint density at radius 3 is 2.71 bits per heavy atom. The van der Waals surface area contributed by atoms with Gasteiger partial charge in [0.25, 0.3) is 5.91 Å². The molecule has 2 amide bonds. The van der Waals surface area contributed by atoms with Crippen molar-refractivity contribution < 1.29 is 34.2 Å². The van der Waals surface area contributed by atoms with Gasteiger partial charge in [-0.2, -0.15) is 0 Å². The Morgan fingerprint density at radius 2 is 2.14 bits per heavy atom. The summed E-state index contributed by atoms with van der Waals surface area (Å²) in [6.07, 6.45) is -0.0856. The van der Waals surface area contributed by atoms with Gasteiger partial charge in [0.1, 0.15) is 17.1 Å². The second-order valence-electron chi connectivity index (χ2n) is 5.48. The van der Waals surface area contributed by atoms with Crippen molar-refractivity contribution in [2.75, 3.05) is 25.1 Å². The molecule has 2 rings (SSSR count). The van der Waals surface area contributed by atoms with Crippen molar-refractivity contribution in [1.29, 1.82) is 0 Å². The Balaban J connectivity index is 2.09. The summed E-state index contributed by atoms with van der Waals surface area (Å²) in [5, 5.41) is 24.5. The number of hydrogen-bond acceptors (Lipinski definition) is 10. The number of rotatable bonds is 10. The van der Waals surface area contributed by atoms with E-state index in [9.17, 15) is 19.2 Å². The van der Waals surface area contributed by atoms with E-state index in [2.05, 4.69) is 20.3 Å². The maximum absolute atomic E-state index is 12.6. The average Bonchev–Trinajstić information content (AvgIpc) is 3.05. The minimum atomic E-state index is -1.29. The first-order valence-corrected chi connectivity index (χ1v) is 9.67. The van der Waals surface area contributed by atoms with Crippen molar-refractivity contribution in [2.24, 2.45) is 5.16 Å². The zero-order chi connectivity index (χ0) is 20.8. The van der Waals surface area contributed by atoms with Gasteiger partial charge in [0.05, 0.1) is 6.42 Å². The number of thiazole rings is 1. The predicted molar refractivity (Wildman–Crippen MR) is 99.9 cm³/mol. The third-order valence-electron chi connectivity index (χ3n) is 3.50. The molecule has 5 N–H and O–H groups in total. The molecule has 1 aromatic rings. The van der Waals surface area contributed by atoms with Gasteiger partial charge in [-0.1, -0.05) is 5.16 Å². The zero-order valence-electron chi connectivity index (χ0n) is 14.5. The quantitative estimate of drug-likeness (QED) is 0.204. The second-order valence-corrected chi connectivity index (χ2v) is 7.60. The topological polar surface area (TPSA) is 185 Å². The molecular formula is C14H17N5O7S2. The van der Waals surface area contributed by atoms with E-state index in [0.29, 0.717) is 0 Å². The third kappa shape index (κ3) is 5.32. The first-order valence-electron chi connectivity index (χ1n) is 7.74. The Labute approximate surface area is 166 Å². The minimum Gasteiger partial charge on any atom is -0.481 e. The molecule has 1 aromatic heterocycles. The number of aliphatic carboxylic acids is 2. The Kier molecular flexibility index (Phi) is 7.17. The summed E-state index contributed by atoms with van der Waals surface area (Å²) in [6.45, 7) is -0.769. The summed E-state index contributed by atoms with van der Waals surface area (Å²) in [6, 6.07) is -0.892. The number of hydrogen-bond donors (Lipinski definition) is 4. The number of carboxylic acid groups (broad SMARTS) is 2. The monoisotopic (exact) mass is 431 g/mol. The van der Waals surface area contributed by atoms with Crippen LogP contribution in [0.25, 0.3) is 0 Å². The van der Waals surface area contributed by atoms with Crippen LogP contribution in [-0.4, -0.2) is 80.4 Å². The van der Waals surface area contributed by atoms with Crippen LogP contribution in [0, 0.1) is 0 Å². The highest BCUT2D eigenvalue weighted by Crippen LogP contribution is 2.29. The summed E-state index contributed by atoms with van der Waals surface area (Å²) in [5.41, 5.74) is 5.29. The van der Waals surface area contributed by atoms with Gasteiger partial charge in [0.15, 0.2) is 10.8 Å². The minimum absolute atomic E-state index is 0.0700. The number of carbonyl (C=O) groups is 4. The molecule has 1 aliphatic heterocycles. The van der Waals surface area contributed by atoms with E-state index in [0.717, 1.165) is 11.3 Å². The number of amides is 2. The number of nitrogens with zero attached hydrogens (tertiary/aromatic N) is 3. The number of β-lactam (4-membered cyclic amide) rings is 1. The second kappa shape index (κ2) is 9.36. The van der Waals surface area contributed by atoms with Crippen LogP contribution in [0.2, 0.25) is 0 Å². The first kappa shape index (κ1) is 21.4. The maximum atomic E-state index is 12.6. The number of likely N-dealkylation sites (tertiary alicyclic amines) is 1.